The van der Waals surface area contributed by atoms with Crippen LogP contribution in [0.25, 0.3) is 0 Å². The van der Waals surface area contributed by atoms with E-state index < -0.39 is 0 Å². The van der Waals surface area contributed by atoms with Gasteiger partial charge in [-0.05, 0) is 37.0 Å². The van der Waals surface area contributed by atoms with Crippen LogP contribution in [-0.4, -0.2) is 25.3 Å². The number of hydrogen-bond donors (Lipinski definition) is 0. The second-order valence-electron chi connectivity index (χ2n) is 5.32. The number of fused-ring (bicyclic) bond motifs is 2. The molecule has 19 heavy (non-hydrogen) atoms. The summed E-state index contributed by atoms with van der Waals surface area (Å²) in [4.78, 5) is 12.0. The summed E-state index contributed by atoms with van der Waals surface area (Å²) in [5, 5.41) is 0. The van der Waals surface area contributed by atoms with Crippen LogP contribution in [0.15, 0.2) is 24.3 Å². The van der Waals surface area contributed by atoms with E-state index in [1.54, 1.807) is 12.1 Å². The Morgan fingerprint density at radius 2 is 2.05 bits per heavy atom. The van der Waals surface area contributed by atoms with Gasteiger partial charge in [-0.1, -0.05) is 12.1 Å². The highest BCUT2D eigenvalue weighted by Gasteiger charge is 2.47. The van der Waals surface area contributed by atoms with E-state index in [0.717, 1.165) is 24.8 Å². The average molecular weight is 264 g/mol. The predicted molar refractivity (Wildman–Crippen MR) is 67.2 cm³/mol. The van der Waals surface area contributed by atoms with Crippen LogP contribution in [0.2, 0.25) is 0 Å². The van der Waals surface area contributed by atoms with Gasteiger partial charge < -0.3 is 9.47 Å². The molecule has 2 fully saturated rings. The number of hydrogen-bond acceptors (Lipinski definition) is 3. The van der Waals surface area contributed by atoms with Crippen molar-refractivity contribution in [3.63, 3.8) is 0 Å². The number of methoxy groups -OCH3 is 1. The predicted octanol–water partition coefficient (Wildman–Crippen LogP) is 2.65. The monoisotopic (exact) mass is 264 g/mol. The van der Waals surface area contributed by atoms with Gasteiger partial charge in [-0.3, -0.25) is 4.79 Å². The first-order valence-corrected chi connectivity index (χ1v) is 6.68. The zero-order valence-corrected chi connectivity index (χ0v) is 10.8. The minimum absolute atomic E-state index is 0.0544. The molecule has 0 aliphatic carbocycles. The Balaban J connectivity index is 1.92. The molecular formula is C15H17FO3. The molecule has 2 bridgehead atoms. The molecule has 4 atom stereocenters. The fourth-order valence-electron chi connectivity index (χ4n) is 3.37. The van der Waals surface area contributed by atoms with Gasteiger partial charge >= 0.3 is 5.97 Å². The summed E-state index contributed by atoms with van der Waals surface area (Å²) >= 11 is 0. The Kier molecular flexibility index (Phi) is 3.27. The fourth-order valence-corrected chi connectivity index (χ4v) is 3.37. The van der Waals surface area contributed by atoms with Crippen LogP contribution in [0.5, 0.6) is 0 Å². The minimum atomic E-state index is -0.269. The van der Waals surface area contributed by atoms with Crippen LogP contribution in [0.3, 0.4) is 0 Å². The van der Waals surface area contributed by atoms with Gasteiger partial charge in [0, 0.05) is 5.92 Å². The van der Waals surface area contributed by atoms with Crippen molar-refractivity contribution in [3.8, 4) is 0 Å². The number of halogens is 1. The van der Waals surface area contributed by atoms with Gasteiger partial charge in [-0.25, -0.2) is 4.39 Å². The van der Waals surface area contributed by atoms with Gasteiger partial charge in [0.1, 0.15) is 5.82 Å². The largest absolute Gasteiger partial charge is 0.469 e. The molecule has 2 saturated heterocycles. The molecular weight excluding hydrogens is 247 g/mol. The first kappa shape index (κ1) is 12.6. The van der Waals surface area contributed by atoms with Gasteiger partial charge in [-0.2, -0.15) is 0 Å². The molecule has 0 radical (unpaired) electrons. The smallest absolute Gasteiger partial charge is 0.311 e. The molecule has 2 unspecified atom stereocenters. The summed E-state index contributed by atoms with van der Waals surface area (Å²) in [6, 6.07) is 6.42. The molecule has 0 spiro atoms. The Hall–Kier alpha value is -1.42. The molecule has 3 nitrogen and oxygen atoms in total. The van der Waals surface area contributed by atoms with Gasteiger partial charge in [0.05, 0.1) is 25.2 Å². The van der Waals surface area contributed by atoms with Crippen LogP contribution in [0, 0.1) is 11.7 Å². The summed E-state index contributed by atoms with van der Waals surface area (Å²) < 4.78 is 23.8. The highest BCUT2D eigenvalue weighted by Crippen LogP contribution is 2.45. The second-order valence-corrected chi connectivity index (χ2v) is 5.32. The molecule has 0 amide bonds. The highest BCUT2D eigenvalue weighted by molar-refractivity contribution is 5.74. The van der Waals surface area contributed by atoms with Crippen LogP contribution >= 0.6 is 0 Å². The van der Waals surface area contributed by atoms with Crippen molar-refractivity contribution in [2.24, 2.45) is 5.92 Å². The molecule has 4 heteroatoms. The molecule has 2 aliphatic rings. The third-order valence-corrected chi connectivity index (χ3v) is 4.26. The van der Waals surface area contributed by atoms with E-state index in [4.69, 9.17) is 9.47 Å². The SMILES string of the molecule is COC(=O)[C@@H]1C2CCC(C[C@@H]1c1ccc(F)cc1)O2. The fraction of sp³-hybridized carbons (Fsp3) is 0.533. The van der Waals surface area contributed by atoms with Crippen LogP contribution in [0.4, 0.5) is 4.39 Å². The average Bonchev–Trinajstić information content (AvgIpc) is 2.80. The van der Waals surface area contributed by atoms with Crippen LogP contribution in [-0.2, 0) is 14.3 Å². The summed E-state index contributed by atoms with van der Waals surface area (Å²) in [5.41, 5.74) is 0.997. The highest BCUT2D eigenvalue weighted by atomic mass is 19.1. The molecule has 2 aliphatic heterocycles. The topological polar surface area (TPSA) is 35.5 Å². The van der Waals surface area contributed by atoms with E-state index in [1.165, 1.54) is 19.2 Å². The lowest BCUT2D eigenvalue weighted by Crippen LogP contribution is -2.39. The quantitative estimate of drug-likeness (QED) is 0.770. The number of benzene rings is 1. The van der Waals surface area contributed by atoms with Crippen molar-refractivity contribution in [3.05, 3.63) is 35.6 Å². The van der Waals surface area contributed by atoms with Gasteiger partial charge in [0.15, 0.2) is 0 Å². The molecule has 1 aromatic carbocycles. The molecule has 1 aromatic rings. The third-order valence-electron chi connectivity index (χ3n) is 4.26. The van der Waals surface area contributed by atoms with E-state index in [9.17, 15) is 9.18 Å². The van der Waals surface area contributed by atoms with Crippen molar-refractivity contribution in [2.75, 3.05) is 7.11 Å². The summed E-state index contributed by atoms with van der Waals surface area (Å²) in [6.45, 7) is 0. The van der Waals surface area contributed by atoms with E-state index in [1.807, 2.05) is 0 Å². The Morgan fingerprint density at radius 1 is 1.32 bits per heavy atom. The van der Waals surface area contributed by atoms with E-state index >= 15 is 0 Å². The van der Waals surface area contributed by atoms with E-state index in [-0.39, 0.29) is 35.8 Å². The molecule has 0 saturated carbocycles. The van der Waals surface area contributed by atoms with E-state index in [2.05, 4.69) is 0 Å². The number of esters is 1. The number of carbonyl (C=O) groups excluding carboxylic acids is 1. The van der Waals surface area contributed by atoms with Crippen molar-refractivity contribution in [1.82, 2.24) is 0 Å². The van der Waals surface area contributed by atoms with Crippen molar-refractivity contribution < 1.29 is 18.7 Å². The summed E-state index contributed by atoms with van der Waals surface area (Å²) in [7, 11) is 1.41. The summed E-state index contributed by atoms with van der Waals surface area (Å²) in [6.07, 6.45) is 2.88. The molecule has 102 valence electrons. The van der Waals surface area contributed by atoms with Gasteiger partial charge in [-0.15, -0.1) is 0 Å². The standard InChI is InChI=1S/C15H17FO3/c1-18-15(17)14-12(8-11-6-7-13(14)19-11)9-2-4-10(16)5-3-9/h2-5,11-14H,6-8H2,1H3/t11?,12-,13?,14+/m1/s1. The normalized spacial score (nSPS) is 33.2. The van der Waals surface area contributed by atoms with Crippen molar-refractivity contribution in [1.29, 1.82) is 0 Å². The van der Waals surface area contributed by atoms with Gasteiger partial charge in [0.25, 0.3) is 0 Å². The number of carbonyl (C=O) groups is 1. The lowest BCUT2D eigenvalue weighted by molar-refractivity contribution is -0.156. The maximum atomic E-state index is 13.0. The maximum absolute atomic E-state index is 13.0. The van der Waals surface area contributed by atoms with Gasteiger partial charge in [0.2, 0.25) is 0 Å². The molecule has 3 rings (SSSR count). The van der Waals surface area contributed by atoms with Crippen LogP contribution < -0.4 is 0 Å². The Bertz CT molecular complexity index is 471. The lowest BCUT2D eigenvalue weighted by Gasteiger charge is -2.35. The molecule has 0 aromatic heterocycles. The minimum Gasteiger partial charge on any atom is -0.469 e. The summed E-state index contributed by atoms with van der Waals surface area (Å²) in [5.74, 6) is -0.679. The molecule has 0 N–H and O–H groups in total. The maximum Gasteiger partial charge on any atom is 0.311 e. The van der Waals surface area contributed by atoms with Crippen molar-refractivity contribution >= 4 is 5.97 Å². The Morgan fingerprint density at radius 3 is 2.74 bits per heavy atom. The zero-order chi connectivity index (χ0) is 13.4. The van der Waals surface area contributed by atoms with Crippen LogP contribution in [0.1, 0.15) is 30.7 Å². The zero-order valence-electron chi connectivity index (χ0n) is 10.8. The first-order chi connectivity index (χ1) is 9.19. The molecule has 2 heterocycles. The number of rotatable bonds is 2. The van der Waals surface area contributed by atoms with Crippen molar-refractivity contribution in [2.45, 2.75) is 37.4 Å². The number of ether oxygens (including phenoxy) is 2. The lowest BCUT2D eigenvalue weighted by atomic mass is 9.79. The Labute approximate surface area is 111 Å². The van der Waals surface area contributed by atoms with E-state index in [0.29, 0.717) is 0 Å². The second kappa shape index (κ2) is 4.93. The third kappa shape index (κ3) is 2.25. The first-order valence-electron chi connectivity index (χ1n) is 6.68.